The number of nitrogens with zero attached hydrogens (tertiary/aromatic N) is 2. The van der Waals surface area contributed by atoms with Crippen molar-refractivity contribution in [3.05, 3.63) is 16.1 Å². The predicted molar refractivity (Wildman–Crippen MR) is 58.3 cm³/mol. The highest BCUT2D eigenvalue weighted by Crippen LogP contribution is 2.10. The number of nitrogens with one attached hydrogen (secondary N) is 1. The van der Waals surface area contributed by atoms with Crippen LogP contribution in [-0.4, -0.2) is 17.6 Å². The van der Waals surface area contributed by atoms with E-state index in [2.05, 4.69) is 30.2 Å². The van der Waals surface area contributed by atoms with Gasteiger partial charge in [0.25, 0.3) is 0 Å². The normalized spacial score (nSPS) is 10.4. The Hall–Kier alpha value is -0.920. The molecule has 3 nitrogen and oxygen atoms in total. The van der Waals surface area contributed by atoms with Gasteiger partial charge in [-0.05, 0) is 0 Å². The van der Waals surface area contributed by atoms with Gasteiger partial charge in [-0.3, -0.25) is 0 Å². The van der Waals surface area contributed by atoms with Crippen molar-refractivity contribution in [1.82, 2.24) is 10.3 Å². The van der Waals surface area contributed by atoms with Crippen molar-refractivity contribution in [3.8, 4) is 6.07 Å². The summed E-state index contributed by atoms with van der Waals surface area (Å²) in [5.41, 5.74) is 1.09. The monoisotopic (exact) mass is 209 g/mol. The largest absolute Gasteiger partial charge is 0.314 e. The third-order valence-corrected chi connectivity index (χ3v) is 2.66. The van der Waals surface area contributed by atoms with E-state index in [9.17, 15) is 0 Å². The van der Waals surface area contributed by atoms with Gasteiger partial charge in [0.1, 0.15) is 5.01 Å². The molecule has 0 fully saturated rings. The van der Waals surface area contributed by atoms with Crippen LogP contribution in [0.3, 0.4) is 0 Å². The fourth-order valence-corrected chi connectivity index (χ4v) is 1.86. The van der Waals surface area contributed by atoms with E-state index in [1.807, 2.05) is 5.38 Å². The molecule has 0 unspecified atom stereocenters. The molecule has 0 aromatic carbocycles. The minimum absolute atomic E-state index is 0.433. The second kappa shape index (κ2) is 5.74. The fourth-order valence-electron chi connectivity index (χ4n) is 1.10. The molecule has 0 saturated carbocycles. The minimum Gasteiger partial charge on any atom is -0.314 e. The third-order valence-electron chi connectivity index (χ3n) is 1.76. The molecule has 0 bridgehead atoms. The van der Waals surface area contributed by atoms with Gasteiger partial charge < -0.3 is 5.32 Å². The van der Waals surface area contributed by atoms with Crippen molar-refractivity contribution in [2.75, 3.05) is 6.54 Å². The summed E-state index contributed by atoms with van der Waals surface area (Å²) in [4.78, 5) is 4.35. The lowest BCUT2D eigenvalue weighted by atomic mass is 10.3. The van der Waals surface area contributed by atoms with Gasteiger partial charge in [0.15, 0.2) is 0 Å². The Bertz CT molecular complexity index is 311. The van der Waals surface area contributed by atoms with Crippen LogP contribution in [0.1, 0.15) is 24.5 Å². The first-order chi connectivity index (χ1) is 6.72. The summed E-state index contributed by atoms with van der Waals surface area (Å²) in [6.45, 7) is 5.21. The quantitative estimate of drug-likeness (QED) is 0.803. The molecule has 0 saturated heterocycles. The smallest absolute Gasteiger partial charge is 0.107 e. The van der Waals surface area contributed by atoms with Gasteiger partial charge in [-0.25, -0.2) is 4.98 Å². The zero-order chi connectivity index (χ0) is 10.4. The molecule has 0 aliphatic carbocycles. The second-order valence-electron chi connectivity index (χ2n) is 3.43. The molecule has 1 aromatic rings. The van der Waals surface area contributed by atoms with Crippen molar-refractivity contribution >= 4 is 11.3 Å². The standard InChI is InChI=1S/C10H15N3S/c1-8(2)12-6-4-9-7-14-10(13-9)3-5-11/h7-8,12H,3-4,6H2,1-2H3. The molecule has 1 N–H and O–H groups in total. The predicted octanol–water partition coefficient (Wildman–Crippen LogP) is 1.75. The van der Waals surface area contributed by atoms with Gasteiger partial charge in [-0.2, -0.15) is 5.26 Å². The molecule has 0 aliphatic rings. The molecule has 0 radical (unpaired) electrons. The Kier molecular flexibility index (Phi) is 4.57. The Morgan fingerprint density at radius 1 is 1.64 bits per heavy atom. The van der Waals surface area contributed by atoms with E-state index in [0.29, 0.717) is 12.5 Å². The number of nitriles is 1. The first-order valence-electron chi connectivity index (χ1n) is 4.76. The van der Waals surface area contributed by atoms with Crippen LogP contribution >= 0.6 is 11.3 Å². The van der Waals surface area contributed by atoms with E-state index >= 15 is 0 Å². The lowest BCUT2D eigenvalue weighted by molar-refractivity contribution is 0.587. The zero-order valence-electron chi connectivity index (χ0n) is 8.58. The Morgan fingerprint density at radius 3 is 3.07 bits per heavy atom. The van der Waals surface area contributed by atoms with Gasteiger partial charge in [-0.1, -0.05) is 13.8 Å². The van der Waals surface area contributed by atoms with Crippen LogP contribution in [0.4, 0.5) is 0 Å². The molecule has 0 aliphatic heterocycles. The summed E-state index contributed by atoms with van der Waals surface area (Å²) < 4.78 is 0. The van der Waals surface area contributed by atoms with E-state index in [1.54, 1.807) is 11.3 Å². The number of rotatable bonds is 5. The van der Waals surface area contributed by atoms with Gasteiger partial charge in [0.05, 0.1) is 18.2 Å². The van der Waals surface area contributed by atoms with E-state index in [0.717, 1.165) is 23.7 Å². The second-order valence-corrected chi connectivity index (χ2v) is 4.37. The first kappa shape index (κ1) is 11.2. The summed E-state index contributed by atoms with van der Waals surface area (Å²) in [6, 6.07) is 2.62. The van der Waals surface area contributed by atoms with Gasteiger partial charge in [0.2, 0.25) is 0 Å². The summed E-state index contributed by atoms with van der Waals surface area (Å²) in [5.74, 6) is 0. The summed E-state index contributed by atoms with van der Waals surface area (Å²) in [5, 5.41) is 14.8. The van der Waals surface area contributed by atoms with Crippen LogP contribution in [0.15, 0.2) is 5.38 Å². The van der Waals surface area contributed by atoms with E-state index < -0.39 is 0 Å². The van der Waals surface area contributed by atoms with Crippen molar-refractivity contribution in [3.63, 3.8) is 0 Å². The summed E-state index contributed by atoms with van der Waals surface area (Å²) in [7, 11) is 0. The number of thiazole rings is 1. The van der Waals surface area contributed by atoms with Crippen LogP contribution < -0.4 is 5.32 Å². The Labute approximate surface area is 88.8 Å². The maximum Gasteiger partial charge on any atom is 0.107 e. The highest BCUT2D eigenvalue weighted by Gasteiger charge is 2.01. The van der Waals surface area contributed by atoms with E-state index in [4.69, 9.17) is 5.26 Å². The van der Waals surface area contributed by atoms with Crippen molar-refractivity contribution in [2.24, 2.45) is 0 Å². The highest BCUT2D eigenvalue weighted by molar-refractivity contribution is 7.09. The number of hydrogen-bond acceptors (Lipinski definition) is 4. The van der Waals surface area contributed by atoms with Crippen LogP contribution in [0.2, 0.25) is 0 Å². The van der Waals surface area contributed by atoms with Crippen molar-refractivity contribution in [2.45, 2.75) is 32.7 Å². The Balaban J connectivity index is 2.33. The summed E-state index contributed by atoms with van der Waals surface area (Å²) >= 11 is 1.57. The van der Waals surface area contributed by atoms with Crippen LogP contribution in [0.25, 0.3) is 0 Å². The highest BCUT2D eigenvalue weighted by atomic mass is 32.1. The molecule has 1 aromatic heterocycles. The molecule has 1 rings (SSSR count). The summed E-state index contributed by atoms with van der Waals surface area (Å²) in [6.07, 6.45) is 1.38. The zero-order valence-corrected chi connectivity index (χ0v) is 9.40. The minimum atomic E-state index is 0.433. The Morgan fingerprint density at radius 2 is 2.43 bits per heavy atom. The molecular formula is C10H15N3S. The fraction of sp³-hybridized carbons (Fsp3) is 0.600. The van der Waals surface area contributed by atoms with Gasteiger partial charge >= 0.3 is 0 Å². The lowest BCUT2D eigenvalue weighted by Crippen LogP contribution is -2.25. The lowest BCUT2D eigenvalue weighted by Gasteiger charge is -2.05. The van der Waals surface area contributed by atoms with E-state index in [1.165, 1.54) is 0 Å². The maximum atomic E-state index is 8.48. The molecule has 14 heavy (non-hydrogen) atoms. The molecule has 0 spiro atoms. The maximum absolute atomic E-state index is 8.48. The number of hydrogen-bond donors (Lipinski definition) is 1. The molecule has 0 amide bonds. The van der Waals surface area contributed by atoms with Crippen LogP contribution in [-0.2, 0) is 12.8 Å². The molecule has 4 heteroatoms. The molecule has 0 atom stereocenters. The molecule has 1 heterocycles. The third kappa shape index (κ3) is 3.86. The van der Waals surface area contributed by atoms with Crippen molar-refractivity contribution in [1.29, 1.82) is 5.26 Å². The van der Waals surface area contributed by atoms with Crippen molar-refractivity contribution < 1.29 is 0 Å². The number of aromatic nitrogens is 1. The molecule has 76 valence electrons. The average molecular weight is 209 g/mol. The molecular weight excluding hydrogens is 194 g/mol. The van der Waals surface area contributed by atoms with Crippen LogP contribution in [0, 0.1) is 11.3 Å². The van der Waals surface area contributed by atoms with Gasteiger partial charge in [0, 0.05) is 24.4 Å². The van der Waals surface area contributed by atoms with E-state index in [-0.39, 0.29) is 0 Å². The SMILES string of the molecule is CC(C)NCCc1csc(CC#N)n1. The average Bonchev–Trinajstić information content (AvgIpc) is 2.53. The first-order valence-corrected chi connectivity index (χ1v) is 5.64. The van der Waals surface area contributed by atoms with Gasteiger partial charge in [-0.15, -0.1) is 11.3 Å². The van der Waals surface area contributed by atoms with Crippen LogP contribution in [0.5, 0.6) is 0 Å². The topological polar surface area (TPSA) is 48.7 Å².